The fraction of sp³-hybridized carbons (Fsp3) is 0.727. The highest BCUT2D eigenvalue weighted by Crippen LogP contribution is 2.24. The lowest BCUT2D eigenvalue weighted by molar-refractivity contribution is 0.0795. The first-order valence-corrected chi connectivity index (χ1v) is 6.18. The Labute approximate surface area is 101 Å². The second-order valence-corrected chi connectivity index (χ2v) is 5.88. The summed E-state index contributed by atoms with van der Waals surface area (Å²) in [7, 11) is 3.98. The van der Waals surface area contributed by atoms with Gasteiger partial charge in [-0.2, -0.15) is 0 Å². The van der Waals surface area contributed by atoms with Crippen LogP contribution in [0.1, 0.15) is 24.4 Å². The topological polar surface area (TPSA) is 48.4 Å². The minimum Gasteiger partial charge on any atom is -0.389 e. The first kappa shape index (κ1) is 13.4. The summed E-state index contributed by atoms with van der Waals surface area (Å²) in [6.07, 6.45) is 0. The van der Waals surface area contributed by atoms with Crippen molar-refractivity contribution in [2.24, 2.45) is 0 Å². The van der Waals surface area contributed by atoms with Crippen LogP contribution < -0.4 is 10.2 Å². The molecule has 5 heteroatoms. The molecular formula is C11H21N3OS. The van der Waals surface area contributed by atoms with Crippen molar-refractivity contribution in [3.8, 4) is 0 Å². The quantitative estimate of drug-likeness (QED) is 0.820. The van der Waals surface area contributed by atoms with Gasteiger partial charge >= 0.3 is 0 Å². The zero-order valence-electron chi connectivity index (χ0n) is 10.7. The van der Waals surface area contributed by atoms with Crippen LogP contribution in [0.5, 0.6) is 0 Å². The van der Waals surface area contributed by atoms with Crippen LogP contribution in [0.4, 0.5) is 5.13 Å². The van der Waals surface area contributed by atoms with E-state index in [9.17, 15) is 5.11 Å². The van der Waals surface area contributed by atoms with Crippen LogP contribution in [0, 0.1) is 6.92 Å². The fourth-order valence-electron chi connectivity index (χ4n) is 1.25. The predicted octanol–water partition coefficient (Wildman–Crippen LogP) is 1.38. The van der Waals surface area contributed by atoms with Crippen LogP contribution in [0.25, 0.3) is 0 Å². The molecule has 4 nitrogen and oxygen atoms in total. The van der Waals surface area contributed by atoms with Crippen molar-refractivity contribution in [3.05, 3.63) is 10.6 Å². The maximum absolute atomic E-state index is 9.58. The molecule has 1 aromatic heterocycles. The van der Waals surface area contributed by atoms with E-state index in [0.717, 1.165) is 17.4 Å². The zero-order chi connectivity index (χ0) is 12.3. The molecule has 2 N–H and O–H groups in total. The van der Waals surface area contributed by atoms with E-state index in [-0.39, 0.29) is 0 Å². The lowest BCUT2D eigenvalue weighted by atomic mass is 10.1. The molecule has 16 heavy (non-hydrogen) atoms. The predicted molar refractivity (Wildman–Crippen MR) is 69.2 cm³/mol. The monoisotopic (exact) mass is 243 g/mol. The van der Waals surface area contributed by atoms with Gasteiger partial charge in [-0.3, -0.25) is 0 Å². The number of aliphatic hydroxyl groups is 1. The van der Waals surface area contributed by atoms with Crippen LogP contribution in [0.15, 0.2) is 0 Å². The number of rotatable bonds is 5. The van der Waals surface area contributed by atoms with E-state index in [4.69, 9.17) is 0 Å². The molecule has 0 saturated carbocycles. The van der Waals surface area contributed by atoms with E-state index >= 15 is 0 Å². The average molecular weight is 243 g/mol. The van der Waals surface area contributed by atoms with Crippen LogP contribution in [-0.2, 0) is 6.54 Å². The summed E-state index contributed by atoms with van der Waals surface area (Å²) in [5.41, 5.74) is 0.403. The Hall–Kier alpha value is -0.650. The molecule has 1 aromatic rings. The molecular weight excluding hydrogens is 222 g/mol. The second-order valence-electron chi connectivity index (χ2n) is 4.82. The normalized spacial score (nSPS) is 11.9. The van der Waals surface area contributed by atoms with E-state index in [0.29, 0.717) is 6.54 Å². The Morgan fingerprint density at radius 2 is 2.06 bits per heavy atom. The van der Waals surface area contributed by atoms with E-state index in [1.54, 1.807) is 25.2 Å². The zero-order valence-corrected chi connectivity index (χ0v) is 11.5. The van der Waals surface area contributed by atoms with Crippen molar-refractivity contribution >= 4 is 16.5 Å². The highest BCUT2D eigenvalue weighted by atomic mass is 32.1. The summed E-state index contributed by atoms with van der Waals surface area (Å²) >= 11 is 1.69. The Kier molecular flexibility index (Phi) is 4.29. The molecule has 0 aliphatic carbocycles. The third-order valence-corrected chi connectivity index (χ3v) is 3.43. The standard InChI is InChI=1S/C11H21N3OS/c1-8-9(6-12-7-11(2,3)15)16-10(13-8)14(4)5/h12,15H,6-7H2,1-5H3. The van der Waals surface area contributed by atoms with Gasteiger partial charge in [-0.1, -0.05) is 0 Å². The summed E-state index contributed by atoms with van der Waals surface area (Å²) in [4.78, 5) is 7.71. The van der Waals surface area contributed by atoms with Crippen molar-refractivity contribution in [2.75, 3.05) is 25.5 Å². The smallest absolute Gasteiger partial charge is 0.185 e. The molecule has 0 fully saturated rings. The van der Waals surface area contributed by atoms with Crippen molar-refractivity contribution < 1.29 is 5.11 Å². The average Bonchev–Trinajstić information content (AvgIpc) is 2.46. The molecule has 0 saturated heterocycles. The van der Waals surface area contributed by atoms with Gasteiger partial charge in [0.15, 0.2) is 5.13 Å². The van der Waals surface area contributed by atoms with Crippen LogP contribution >= 0.6 is 11.3 Å². The Morgan fingerprint density at radius 3 is 2.50 bits per heavy atom. The highest BCUT2D eigenvalue weighted by Gasteiger charge is 2.13. The third-order valence-electron chi connectivity index (χ3n) is 2.11. The molecule has 0 spiro atoms. The minimum atomic E-state index is -0.664. The number of nitrogens with one attached hydrogen (secondary N) is 1. The van der Waals surface area contributed by atoms with Gasteiger partial charge in [0.2, 0.25) is 0 Å². The molecule has 0 aliphatic heterocycles. The van der Waals surface area contributed by atoms with E-state index in [1.165, 1.54) is 4.88 Å². The Morgan fingerprint density at radius 1 is 1.44 bits per heavy atom. The lowest BCUT2D eigenvalue weighted by Gasteiger charge is -2.17. The molecule has 92 valence electrons. The number of hydrogen-bond acceptors (Lipinski definition) is 5. The van der Waals surface area contributed by atoms with Gasteiger partial charge in [0.25, 0.3) is 0 Å². The van der Waals surface area contributed by atoms with Crippen molar-refractivity contribution in [3.63, 3.8) is 0 Å². The largest absolute Gasteiger partial charge is 0.389 e. The summed E-state index contributed by atoms with van der Waals surface area (Å²) < 4.78 is 0. The number of hydrogen-bond donors (Lipinski definition) is 2. The van der Waals surface area contributed by atoms with E-state index in [2.05, 4.69) is 10.3 Å². The molecule has 0 aliphatic rings. The number of anilines is 1. The van der Waals surface area contributed by atoms with Crippen LogP contribution in [-0.4, -0.2) is 36.3 Å². The maximum Gasteiger partial charge on any atom is 0.185 e. The first-order chi connectivity index (χ1) is 7.29. The number of nitrogens with zero attached hydrogens (tertiary/aromatic N) is 2. The Bertz CT molecular complexity index is 341. The molecule has 0 amide bonds. The minimum absolute atomic E-state index is 0.585. The van der Waals surface area contributed by atoms with Gasteiger partial charge in [-0.05, 0) is 20.8 Å². The van der Waals surface area contributed by atoms with Crippen LogP contribution in [0.3, 0.4) is 0 Å². The molecule has 0 aromatic carbocycles. The highest BCUT2D eigenvalue weighted by molar-refractivity contribution is 7.15. The van der Waals surface area contributed by atoms with Crippen molar-refractivity contribution in [1.82, 2.24) is 10.3 Å². The third kappa shape index (κ3) is 4.08. The number of aromatic nitrogens is 1. The van der Waals surface area contributed by atoms with Crippen molar-refractivity contribution in [2.45, 2.75) is 32.9 Å². The fourth-order valence-corrected chi connectivity index (χ4v) is 2.20. The molecule has 1 heterocycles. The van der Waals surface area contributed by atoms with Gasteiger partial charge in [0.1, 0.15) is 0 Å². The van der Waals surface area contributed by atoms with Gasteiger partial charge in [0, 0.05) is 32.1 Å². The molecule has 0 atom stereocenters. The summed E-state index contributed by atoms with van der Waals surface area (Å²) in [5.74, 6) is 0. The number of aryl methyl sites for hydroxylation is 1. The lowest BCUT2D eigenvalue weighted by Crippen LogP contribution is -2.34. The molecule has 0 unspecified atom stereocenters. The molecule has 1 rings (SSSR count). The summed E-state index contributed by atoms with van der Waals surface area (Å²) in [6, 6.07) is 0. The van der Waals surface area contributed by atoms with E-state index < -0.39 is 5.60 Å². The van der Waals surface area contributed by atoms with Gasteiger partial charge in [-0.15, -0.1) is 11.3 Å². The number of thiazole rings is 1. The summed E-state index contributed by atoms with van der Waals surface area (Å²) in [6.45, 7) is 6.96. The SMILES string of the molecule is Cc1nc(N(C)C)sc1CNCC(C)(C)O. The van der Waals surface area contributed by atoms with Gasteiger partial charge in [-0.25, -0.2) is 4.98 Å². The first-order valence-electron chi connectivity index (χ1n) is 5.36. The van der Waals surface area contributed by atoms with Crippen molar-refractivity contribution in [1.29, 1.82) is 0 Å². The Balaban J connectivity index is 2.54. The van der Waals surface area contributed by atoms with Crippen LogP contribution in [0.2, 0.25) is 0 Å². The summed E-state index contributed by atoms with van der Waals surface area (Å²) in [5, 5.41) is 13.8. The molecule has 0 bridgehead atoms. The molecule has 0 radical (unpaired) electrons. The second kappa shape index (κ2) is 5.12. The van der Waals surface area contributed by atoms with Gasteiger partial charge in [0.05, 0.1) is 11.3 Å². The van der Waals surface area contributed by atoms with Gasteiger partial charge < -0.3 is 15.3 Å². The maximum atomic E-state index is 9.58. The van der Waals surface area contributed by atoms with E-state index in [1.807, 2.05) is 25.9 Å².